The van der Waals surface area contributed by atoms with Crippen molar-refractivity contribution >= 4 is 17.9 Å². The molecule has 1 aromatic carbocycles. The lowest BCUT2D eigenvalue weighted by Gasteiger charge is -2.08. The molecule has 106 valence electrons. The van der Waals surface area contributed by atoms with Gasteiger partial charge in [-0.2, -0.15) is 4.89 Å². The van der Waals surface area contributed by atoms with E-state index in [4.69, 9.17) is 10.2 Å². The van der Waals surface area contributed by atoms with Gasteiger partial charge < -0.3 is 10.2 Å². The molecule has 0 fully saturated rings. The number of aromatic carboxylic acids is 2. The van der Waals surface area contributed by atoms with E-state index in [1.807, 2.05) is 0 Å². The standard InChI is InChI=1S/C13H12O7/c1-2-10(14)20-19-7-6-8-4-3-5-9(12(15)16)11(8)13(17)18/h2-5H,1,6-7H2,(H,15,16)(H,17,18). The fraction of sp³-hybridized carbons (Fsp3) is 0.154. The highest BCUT2D eigenvalue weighted by atomic mass is 17.2. The minimum Gasteiger partial charge on any atom is -0.478 e. The van der Waals surface area contributed by atoms with Gasteiger partial charge in [0.25, 0.3) is 0 Å². The van der Waals surface area contributed by atoms with Crippen LogP contribution >= 0.6 is 0 Å². The van der Waals surface area contributed by atoms with E-state index in [-0.39, 0.29) is 29.7 Å². The Labute approximate surface area is 114 Å². The maximum absolute atomic E-state index is 11.1. The summed E-state index contributed by atoms with van der Waals surface area (Å²) in [5.74, 6) is -3.45. The SMILES string of the molecule is C=CC(=O)OOCCc1cccc(C(=O)O)c1C(=O)O. The van der Waals surface area contributed by atoms with Crippen molar-refractivity contribution in [3.63, 3.8) is 0 Å². The number of carbonyl (C=O) groups is 3. The predicted molar refractivity (Wildman–Crippen MR) is 66.3 cm³/mol. The second kappa shape index (κ2) is 7.05. The summed E-state index contributed by atoms with van der Waals surface area (Å²) >= 11 is 0. The van der Waals surface area contributed by atoms with E-state index < -0.39 is 17.9 Å². The van der Waals surface area contributed by atoms with Gasteiger partial charge in [-0.3, -0.25) is 4.89 Å². The van der Waals surface area contributed by atoms with Crippen LogP contribution in [0, 0.1) is 0 Å². The normalized spacial score (nSPS) is 9.80. The third-order valence-corrected chi connectivity index (χ3v) is 2.36. The molecule has 0 aliphatic rings. The molecule has 0 heterocycles. The maximum atomic E-state index is 11.1. The third-order valence-electron chi connectivity index (χ3n) is 2.36. The molecule has 7 heteroatoms. The summed E-state index contributed by atoms with van der Waals surface area (Å²) in [5.41, 5.74) is -0.344. The van der Waals surface area contributed by atoms with Crippen molar-refractivity contribution in [2.75, 3.05) is 6.61 Å². The summed E-state index contributed by atoms with van der Waals surface area (Å²) in [4.78, 5) is 41.6. The van der Waals surface area contributed by atoms with Gasteiger partial charge >= 0.3 is 17.9 Å². The summed E-state index contributed by atoms with van der Waals surface area (Å²) in [6.45, 7) is 3.06. The largest absolute Gasteiger partial charge is 0.478 e. The summed E-state index contributed by atoms with van der Waals surface area (Å²) < 4.78 is 0. The highest BCUT2D eigenvalue weighted by Gasteiger charge is 2.19. The molecule has 0 bridgehead atoms. The van der Waals surface area contributed by atoms with Crippen LogP contribution in [0.15, 0.2) is 30.9 Å². The van der Waals surface area contributed by atoms with E-state index >= 15 is 0 Å². The monoisotopic (exact) mass is 280 g/mol. The average Bonchev–Trinajstić information content (AvgIpc) is 2.42. The summed E-state index contributed by atoms with van der Waals surface area (Å²) in [6, 6.07) is 4.10. The lowest BCUT2D eigenvalue weighted by atomic mass is 9.99. The number of carbonyl (C=O) groups excluding carboxylic acids is 1. The first-order valence-corrected chi connectivity index (χ1v) is 5.51. The van der Waals surface area contributed by atoms with Crippen LogP contribution in [0.2, 0.25) is 0 Å². The molecule has 0 radical (unpaired) electrons. The quantitative estimate of drug-likeness (QED) is 0.335. The third kappa shape index (κ3) is 3.92. The molecule has 0 saturated carbocycles. The number of hydrogen-bond donors (Lipinski definition) is 2. The Bertz CT molecular complexity index is 548. The van der Waals surface area contributed by atoms with E-state index in [1.54, 1.807) is 0 Å². The minimum atomic E-state index is -1.35. The number of carboxylic acid groups (broad SMARTS) is 2. The number of hydrogen-bond acceptors (Lipinski definition) is 5. The molecule has 0 amide bonds. The smallest absolute Gasteiger partial charge is 0.365 e. The van der Waals surface area contributed by atoms with Crippen LogP contribution in [-0.4, -0.2) is 34.7 Å². The van der Waals surface area contributed by atoms with Crippen molar-refractivity contribution in [1.29, 1.82) is 0 Å². The average molecular weight is 280 g/mol. The van der Waals surface area contributed by atoms with Crippen LogP contribution in [0.5, 0.6) is 0 Å². The van der Waals surface area contributed by atoms with Gasteiger partial charge in [-0.05, 0) is 11.6 Å². The Hall–Kier alpha value is -2.67. The second-order valence-corrected chi connectivity index (χ2v) is 3.63. The fourth-order valence-electron chi connectivity index (χ4n) is 1.52. The molecule has 0 atom stereocenters. The molecule has 0 aliphatic heterocycles. The molecule has 1 aromatic rings. The molecule has 20 heavy (non-hydrogen) atoms. The first kappa shape index (κ1) is 15.4. The number of benzene rings is 1. The topological polar surface area (TPSA) is 110 Å². The fourth-order valence-corrected chi connectivity index (χ4v) is 1.52. The predicted octanol–water partition coefficient (Wildman–Crippen LogP) is 1.29. The highest BCUT2D eigenvalue weighted by Crippen LogP contribution is 2.16. The Kier molecular flexibility index (Phi) is 5.42. The van der Waals surface area contributed by atoms with Gasteiger partial charge in [-0.25, -0.2) is 14.4 Å². The molecule has 0 unspecified atom stereocenters. The molecule has 2 N–H and O–H groups in total. The Morgan fingerprint density at radius 3 is 2.45 bits per heavy atom. The summed E-state index contributed by atoms with van der Waals surface area (Å²) in [5, 5.41) is 18.0. The summed E-state index contributed by atoms with van der Waals surface area (Å²) in [6.07, 6.45) is 0.987. The first-order chi connectivity index (χ1) is 9.47. The van der Waals surface area contributed by atoms with Crippen molar-refractivity contribution in [3.05, 3.63) is 47.5 Å². The van der Waals surface area contributed by atoms with Crippen molar-refractivity contribution in [3.8, 4) is 0 Å². The van der Waals surface area contributed by atoms with Crippen molar-refractivity contribution in [2.45, 2.75) is 6.42 Å². The molecule has 1 rings (SSSR count). The lowest BCUT2D eigenvalue weighted by molar-refractivity contribution is -0.266. The van der Waals surface area contributed by atoms with E-state index in [0.29, 0.717) is 0 Å². The van der Waals surface area contributed by atoms with Gasteiger partial charge in [0.2, 0.25) is 0 Å². The van der Waals surface area contributed by atoms with E-state index in [9.17, 15) is 14.4 Å². The van der Waals surface area contributed by atoms with E-state index in [1.165, 1.54) is 18.2 Å². The van der Waals surface area contributed by atoms with Gasteiger partial charge in [0.15, 0.2) is 0 Å². The first-order valence-electron chi connectivity index (χ1n) is 5.51. The van der Waals surface area contributed by atoms with Crippen LogP contribution in [0.4, 0.5) is 0 Å². The van der Waals surface area contributed by atoms with Crippen LogP contribution in [-0.2, 0) is 21.0 Å². The van der Waals surface area contributed by atoms with Gasteiger partial charge in [0.1, 0.15) is 0 Å². The van der Waals surface area contributed by atoms with Crippen LogP contribution in [0.25, 0.3) is 0 Å². The maximum Gasteiger partial charge on any atom is 0.365 e. The Morgan fingerprint density at radius 2 is 1.90 bits per heavy atom. The van der Waals surface area contributed by atoms with Crippen molar-refractivity contribution in [1.82, 2.24) is 0 Å². The Morgan fingerprint density at radius 1 is 1.20 bits per heavy atom. The van der Waals surface area contributed by atoms with Gasteiger partial charge in [-0.1, -0.05) is 18.7 Å². The molecular weight excluding hydrogens is 268 g/mol. The molecule has 7 nitrogen and oxygen atoms in total. The highest BCUT2D eigenvalue weighted by molar-refractivity contribution is 6.02. The van der Waals surface area contributed by atoms with Crippen LogP contribution in [0.3, 0.4) is 0 Å². The molecule has 0 spiro atoms. The molecular formula is C13H12O7. The molecule has 0 aliphatic carbocycles. The molecule has 0 aromatic heterocycles. The van der Waals surface area contributed by atoms with Gasteiger partial charge in [0.05, 0.1) is 17.7 Å². The van der Waals surface area contributed by atoms with Crippen molar-refractivity contribution in [2.24, 2.45) is 0 Å². The number of carboxylic acids is 2. The second-order valence-electron chi connectivity index (χ2n) is 3.63. The lowest BCUT2D eigenvalue weighted by Crippen LogP contribution is -2.13. The van der Waals surface area contributed by atoms with E-state index in [0.717, 1.165) is 6.08 Å². The zero-order valence-corrected chi connectivity index (χ0v) is 10.4. The van der Waals surface area contributed by atoms with Gasteiger partial charge in [0, 0.05) is 12.5 Å². The van der Waals surface area contributed by atoms with Gasteiger partial charge in [-0.15, -0.1) is 0 Å². The Balaban J connectivity index is 2.82. The van der Waals surface area contributed by atoms with Crippen LogP contribution < -0.4 is 0 Å². The van der Waals surface area contributed by atoms with E-state index in [2.05, 4.69) is 16.4 Å². The van der Waals surface area contributed by atoms with Crippen LogP contribution in [0.1, 0.15) is 26.3 Å². The minimum absolute atomic E-state index is 0.0766. The molecule has 0 saturated heterocycles. The zero-order chi connectivity index (χ0) is 15.1. The number of rotatable bonds is 7. The van der Waals surface area contributed by atoms with Crippen molar-refractivity contribution < 1.29 is 34.4 Å². The summed E-state index contributed by atoms with van der Waals surface area (Å²) in [7, 11) is 0. The zero-order valence-electron chi connectivity index (χ0n) is 10.4.